The molecule has 0 unspecified atom stereocenters. The number of hydrogen-bond donors (Lipinski definition) is 1. The normalized spacial score (nSPS) is 12.0. The first kappa shape index (κ1) is 21.2. The first-order valence-corrected chi connectivity index (χ1v) is 9.72. The molecule has 8 nitrogen and oxygen atoms in total. The Hall–Kier alpha value is -3.55. The zero-order chi connectivity index (χ0) is 21.3. The zero-order valence-electron chi connectivity index (χ0n) is 16.8. The lowest BCUT2D eigenvalue weighted by Crippen LogP contribution is -2.36. The fraction of sp³-hybridized carbons (Fsp3) is 0.318. The Balaban J connectivity index is 1.45. The number of esters is 1. The van der Waals surface area contributed by atoms with Crippen molar-refractivity contribution in [3.8, 4) is 11.5 Å². The van der Waals surface area contributed by atoms with Gasteiger partial charge < -0.3 is 24.4 Å². The summed E-state index contributed by atoms with van der Waals surface area (Å²) < 4.78 is 16.1. The highest BCUT2D eigenvalue weighted by Crippen LogP contribution is 2.31. The van der Waals surface area contributed by atoms with Crippen LogP contribution in [0.4, 0.5) is 0 Å². The summed E-state index contributed by atoms with van der Waals surface area (Å²) in [5, 5.41) is 2.47. The van der Waals surface area contributed by atoms with Gasteiger partial charge in [-0.3, -0.25) is 14.4 Å². The van der Waals surface area contributed by atoms with E-state index in [2.05, 4.69) is 5.32 Å². The van der Waals surface area contributed by atoms with Crippen molar-refractivity contribution in [2.45, 2.75) is 13.5 Å². The predicted molar refractivity (Wildman–Crippen MR) is 108 cm³/mol. The molecule has 2 amide bonds. The van der Waals surface area contributed by atoms with Crippen molar-refractivity contribution in [3.05, 3.63) is 59.7 Å². The Kier molecular flexibility index (Phi) is 7.26. The summed E-state index contributed by atoms with van der Waals surface area (Å²) >= 11 is 0. The number of hydrogen-bond acceptors (Lipinski definition) is 6. The van der Waals surface area contributed by atoms with Crippen LogP contribution in [0.3, 0.4) is 0 Å². The molecule has 8 heteroatoms. The fourth-order valence-corrected chi connectivity index (χ4v) is 2.91. The van der Waals surface area contributed by atoms with Crippen LogP contribution in [-0.4, -0.2) is 55.6 Å². The second kappa shape index (κ2) is 10.3. The number of rotatable bonds is 8. The van der Waals surface area contributed by atoms with Crippen molar-refractivity contribution in [1.29, 1.82) is 0 Å². The highest BCUT2D eigenvalue weighted by atomic mass is 16.6. The number of carbonyl (C=O) groups excluding carboxylic acids is 3. The molecule has 0 fully saturated rings. The van der Waals surface area contributed by atoms with E-state index in [0.717, 1.165) is 5.56 Å². The standard InChI is InChI=1S/C22H24N2O6/c1-2-24(14-16-8-9-18-19(12-16)29-11-10-28-18)20(25)15-30-21(26)13-23-22(27)17-6-4-3-5-7-17/h3-9,12H,2,10-11,13-15H2,1H3,(H,23,27). The van der Waals surface area contributed by atoms with Gasteiger partial charge in [0.15, 0.2) is 18.1 Å². The Morgan fingerprint density at radius 2 is 1.77 bits per heavy atom. The van der Waals surface area contributed by atoms with Gasteiger partial charge in [-0.15, -0.1) is 0 Å². The number of fused-ring (bicyclic) bond motifs is 1. The highest BCUT2D eigenvalue weighted by molar-refractivity contribution is 5.96. The van der Waals surface area contributed by atoms with Crippen molar-refractivity contribution in [2.24, 2.45) is 0 Å². The molecule has 0 saturated carbocycles. The Bertz CT molecular complexity index is 900. The molecule has 1 aliphatic heterocycles. The molecule has 0 atom stereocenters. The van der Waals surface area contributed by atoms with Crippen LogP contribution in [0.15, 0.2) is 48.5 Å². The molecule has 0 spiro atoms. The Morgan fingerprint density at radius 3 is 2.50 bits per heavy atom. The zero-order valence-corrected chi connectivity index (χ0v) is 16.8. The van der Waals surface area contributed by atoms with Gasteiger partial charge in [-0.25, -0.2) is 0 Å². The van der Waals surface area contributed by atoms with Crippen LogP contribution >= 0.6 is 0 Å². The molecular formula is C22H24N2O6. The van der Waals surface area contributed by atoms with Crippen molar-refractivity contribution in [1.82, 2.24) is 10.2 Å². The first-order valence-electron chi connectivity index (χ1n) is 9.72. The number of ether oxygens (including phenoxy) is 3. The van der Waals surface area contributed by atoms with Gasteiger partial charge in [0.25, 0.3) is 11.8 Å². The van der Waals surface area contributed by atoms with Crippen molar-refractivity contribution in [2.75, 3.05) is 32.9 Å². The maximum atomic E-state index is 12.4. The lowest BCUT2D eigenvalue weighted by Gasteiger charge is -2.23. The number of likely N-dealkylation sites (N-methyl/N-ethyl adjacent to an activating group) is 1. The van der Waals surface area contributed by atoms with E-state index in [1.165, 1.54) is 0 Å². The van der Waals surface area contributed by atoms with Crippen LogP contribution in [0.25, 0.3) is 0 Å². The number of amides is 2. The quantitative estimate of drug-likeness (QED) is 0.665. The van der Waals surface area contributed by atoms with Gasteiger partial charge in [0, 0.05) is 18.7 Å². The van der Waals surface area contributed by atoms with Gasteiger partial charge in [-0.1, -0.05) is 24.3 Å². The average molecular weight is 412 g/mol. The molecule has 0 saturated heterocycles. The third-order valence-corrected chi connectivity index (χ3v) is 4.50. The smallest absolute Gasteiger partial charge is 0.325 e. The van der Waals surface area contributed by atoms with Crippen molar-refractivity contribution < 1.29 is 28.6 Å². The minimum Gasteiger partial charge on any atom is -0.486 e. The summed E-state index contributed by atoms with van der Waals surface area (Å²) in [4.78, 5) is 37.8. The molecule has 0 aliphatic carbocycles. The summed E-state index contributed by atoms with van der Waals surface area (Å²) in [6.07, 6.45) is 0. The number of carbonyl (C=O) groups is 3. The van der Waals surface area contributed by atoms with E-state index < -0.39 is 12.6 Å². The van der Waals surface area contributed by atoms with Gasteiger partial charge in [0.05, 0.1) is 0 Å². The number of nitrogens with one attached hydrogen (secondary N) is 1. The van der Waals surface area contributed by atoms with Crippen molar-refractivity contribution >= 4 is 17.8 Å². The lowest BCUT2D eigenvalue weighted by atomic mass is 10.2. The minimum atomic E-state index is -0.678. The van der Waals surface area contributed by atoms with Crippen molar-refractivity contribution in [3.63, 3.8) is 0 Å². The maximum Gasteiger partial charge on any atom is 0.325 e. The van der Waals surface area contributed by atoms with Gasteiger partial charge in [0.1, 0.15) is 19.8 Å². The van der Waals surface area contributed by atoms with Crippen LogP contribution < -0.4 is 14.8 Å². The van der Waals surface area contributed by atoms with Crippen LogP contribution in [-0.2, 0) is 20.9 Å². The van der Waals surface area contributed by atoms with E-state index in [1.54, 1.807) is 35.2 Å². The average Bonchev–Trinajstić information content (AvgIpc) is 2.79. The van der Waals surface area contributed by atoms with Gasteiger partial charge in [-0.05, 0) is 36.8 Å². The van der Waals surface area contributed by atoms with Crippen LogP contribution in [0, 0.1) is 0 Å². The molecule has 1 heterocycles. The molecule has 1 aliphatic rings. The summed E-state index contributed by atoms with van der Waals surface area (Å²) in [6, 6.07) is 14.1. The molecule has 2 aromatic carbocycles. The van der Waals surface area contributed by atoms with Crippen LogP contribution in [0.1, 0.15) is 22.8 Å². The van der Waals surface area contributed by atoms with Crippen LogP contribution in [0.2, 0.25) is 0 Å². The largest absolute Gasteiger partial charge is 0.486 e. The maximum absolute atomic E-state index is 12.4. The van der Waals surface area contributed by atoms with E-state index >= 15 is 0 Å². The third kappa shape index (κ3) is 5.73. The highest BCUT2D eigenvalue weighted by Gasteiger charge is 2.17. The minimum absolute atomic E-state index is 0.310. The van der Waals surface area contributed by atoms with Crippen LogP contribution in [0.5, 0.6) is 11.5 Å². The number of nitrogens with zero attached hydrogens (tertiary/aromatic N) is 1. The first-order chi connectivity index (χ1) is 14.6. The molecule has 158 valence electrons. The predicted octanol–water partition coefficient (Wildman–Crippen LogP) is 1.78. The molecule has 2 aromatic rings. The molecule has 0 aromatic heterocycles. The molecule has 30 heavy (non-hydrogen) atoms. The fourth-order valence-electron chi connectivity index (χ4n) is 2.91. The third-order valence-electron chi connectivity index (χ3n) is 4.50. The van der Waals surface area contributed by atoms with E-state index in [0.29, 0.717) is 43.4 Å². The number of benzene rings is 2. The van der Waals surface area contributed by atoms with Gasteiger partial charge >= 0.3 is 5.97 Å². The summed E-state index contributed by atoms with van der Waals surface area (Å²) in [7, 11) is 0. The molecule has 0 radical (unpaired) electrons. The lowest BCUT2D eigenvalue weighted by molar-refractivity contribution is -0.151. The molecule has 1 N–H and O–H groups in total. The summed E-state index contributed by atoms with van der Waals surface area (Å²) in [5.74, 6) is -0.0421. The summed E-state index contributed by atoms with van der Waals surface area (Å²) in [6.45, 7) is 2.96. The van der Waals surface area contributed by atoms with E-state index in [9.17, 15) is 14.4 Å². The SMILES string of the molecule is CCN(Cc1ccc2c(c1)OCCO2)C(=O)COC(=O)CNC(=O)c1ccccc1. The van der Waals surface area contributed by atoms with E-state index in [-0.39, 0.29) is 18.4 Å². The second-order valence-electron chi connectivity index (χ2n) is 6.60. The Labute approximate surface area is 174 Å². The molecular weight excluding hydrogens is 388 g/mol. The summed E-state index contributed by atoms with van der Waals surface area (Å²) in [5.41, 5.74) is 1.33. The molecule has 0 bridgehead atoms. The second-order valence-corrected chi connectivity index (χ2v) is 6.60. The molecule has 3 rings (SSSR count). The Morgan fingerprint density at radius 1 is 1.03 bits per heavy atom. The van der Waals surface area contributed by atoms with E-state index in [1.807, 2.05) is 25.1 Å². The van der Waals surface area contributed by atoms with Gasteiger partial charge in [-0.2, -0.15) is 0 Å². The topological polar surface area (TPSA) is 94.2 Å². The van der Waals surface area contributed by atoms with Gasteiger partial charge in [0.2, 0.25) is 0 Å². The van der Waals surface area contributed by atoms with E-state index in [4.69, 9.17) is 14.2 Å². The monoisotopic (exact) mass is 412 g/mol.